The number of carbonyl (C=O) groups excluding carboxylic acids is 1. The van der Waals surface area contributed by atoms with E-state index in [9.17, 15) is 4.79 Å². The Kier molecular flexibility index (Phi) is 3.29. The van der Waals surface area contributed by atoms with Crippen LogP contribution in [0.2, 0.25) is 0 Å². The number of benzene rings is 1. The van der Waals surface area contributed by atoms with Crippen molar-refractivity contribution in [3.63, 3.8) is 0 Å². The molecule has 1 unspecified atom stereocenters. The molecule has 0 aromatic heterocycles. The third kappa shape index (κ3) is 2.66. The van der Waals surface area contributed by atoms with Gasteiger partial charge in [-0.05, 0) is 44.0 Å². The van der Waals surface area contributed by atoms with Crippen LogP contribution in [0, 0.1) is 12.8 Å². The molecule has 102 valence electrons. The highest BCUT2D eigenvalue weighted by Crippen LogP contribution is 2.36. The summed E-state index contributed by atoms with van der Waals surface area (Å²) >= 11 is 0. The Morgan fingerprint density at radius 3 is 2.95 bits per heavy atom. The Labute approximate surface area is 112 Å². The summed E-state index contributed by atoms with van der Waals surface area (Å²) in [5.74, 6) is 1.96. The summed E-state index contributed by atoms with van der Waals surface area (Å²) in [5, 5.41) is 6.23. The van der Waals surface area contributed by atoms with Crippen LogP contribution in [0.1, 0.15) is 18.4 Å². The highest BCUT2D eigenvalue weighted by atomic mass is 16.7. The van der Waals surface area contributed by atoms with Crippen molar-refractivity contribution in [1.29, 1.82) is 0 Å². The van der Waals surface area contributed by atoms with Crippen LogP contribution in [0.3, 0.4) is 0 Å². The molecule has 1 amide bonds. The summed E-state index contributed by atoms with van der Waals surface area (Å²) in [7, 11) is 0. The number of fused-ring (bicyclic) bond motifs is 1. The first-order valence-electron chi connectivity index (χ1n) is 6.63. The lowest BCUT2D eigenvalue weighted by Crippen LogP contribution is -2.18. The Balaban J connectivity index is 1.67. The molecule has 2 N–H and O–H groups in total. The van der Waals surface area contributed by atoms with Gasteiger partial charge in [0.1, 0.15) is 0 Å². The molecule has 19 heavy (non-hydrogen) atoms. The van der Waals surface area contributed by atoms with Gasteiger partial charge in [0.25, 0.3) is 0 Å². The molecule has 0 saturated carbocycles. The zero-order chi connectivity index (χ0) is 13.2. The van der Waals surface area contributed by atoms with Crippen LogP contribution < -0.4 is 20.1 Å². The molecule has 1 saturated heterocycles. The fourth-order valence-corrected chi connectivity index (χ4v) is 2.53. The van der Waals surface area contributed by atoms with Gasteiger partial charge in [-0.25, -0.2) is 0 Å². The number of aryl methyl sites for hydroxylation is 1. The van der Waals surface area contributed by atoms with Gasteiger partial charge < -0.3 is 20.1 Å². The van der Waals surface area contributed by atoms with Gasteiger partial charge in [-0.2, -0.15) is 0 Å². The number of ether oxygens (including phenoxy) is 2. The van der Waals surface area contributed by atoms with E-state index in [1.807, 2.05) is 19.1 Å². The van der Waals surface area contributed by atoms with E-state index in [0.717, 1.165) is 36.5 Å². The number of hydrogen-bond donors (Lipinski definition) is 2. The number of amides is 1. The zero-order valence-corrected chi connectivity index (χ0v) is 11.0. The summed E-state index contributed by atoms with van der Waals surface area (Å²) < 4.78 is 10.6. The molecule has 2 aliphatic rings. The quantitative estimate of drug-likeness (QED) is 0.869. The average Bonchev–Trinajstić information content (AvgIpc) is 3.00. The van der Waals surface area contributed by atoms with Gasteiger partial charge in [0, 0.05) is 18.2 Å². The Bertz CT molecular complexity index is 496. The van der Waals surface area contributed by atoms with Crippen LogP contribution in [0.15, 0.2) is 12.1 Å². The second-order valence-electron chi connectivity index (χ2n) is 5.13. The van der Waals surface area contributed by atoms with E-state index in [-0.39, 0.29) is 12.7 Å². The van der Waals surface area contributed by atoms with E-state index in [1.54, 1.807) is 0 Å². The largest absolute Gasteiger partial charge is 0.454 e. The molecule has 0 aliphatic carbocycles. The summed E-state index contributed by atoms with van der Waals surface area (Å²) in [4.78, 5) is 12.0. The predicted octanol–water partition coefficient (Wildman–Crippen LogP) is 1.66. The molecule has 5 heteroatoms. The van der Waals surface area contributed by atoms with Crippen LogP contribution in [-0.4, -0.2) is 25.8 Å². The lowest BCUT2D eigenvalue weighted by molar-refractivity contribution is -0.116. The molecule has 2 heterocycles. The van der Waals surface area contributed by atoms with Gasteiger partial charge in [-0.15, -0.1) is 0 Å². The van der Waals surface area contributed by atoms with Gasteiger partial charge in [-0.3, -0.25) is 4.79 Å². The Morgan fingerprint density at radius 1 is 1.42 bits per heavy atom. The highest BCUT2D eigenvalue weighted by molar-refractivity contribution is 5.92. The maximum absolute atomic E-state index is 12.0. The Hall–Kier alpha value is -1.75. The molecule has 1 atom stereocenters. The summed E-state index contributed by atoms with van der Waals surface area (Å²) in [6, 6.07) is 3.73. The molecule has 1 fully saturated rings. The van der Waals surface area contributed by atoms with Crippen molar-refractivity contribution < 1.29 is 14.3 Å². The predicted molar refractivity (Wildman–Crippen MR) is 71.5 cm³/mol. The number of anilines is 1. The topological polar surface area (TPSA) is 59.6 Å². The normalized spacial score (nSPS) is 20.6. The van der Waals surface area contributed by atoms with Crippen LogP contribution in [-0.2, 0) is 4.79 Å². The zero-order valence-electron chi connectivity index (χ0n) is 11.0. The Morgan fingerprint density at radius 2 is 2.21 bits per heavy atom. The first-order valence-corrected chi connectivity index (χ1v) is 6.63. The van der Waals surface area contributed by atoms with Gasteiger partial charge in [0.2, 0.25) is 12.7 Å². The average molecular weight is 262 g/mol. The molecule has 2 aliphatic heterocycles. The minimum atomic E-state index is 0.0654. The SMILES string of the molecule is Cc1cc2c(cc1NC(=O)CC1CCNC1)OCO2. The van der Waals surface area contributed by atoms with Gasteiger partial charge >= 0.3 is 0 Å². The number of carbonyl (C=O) groups is 1. The van der Waals surface area contributed by atoms with Gasteiger partial charge in [0.15, 0.2) is 11.5 Å². The third-order valence-corrected chi connectivity index (χ3v) is 3.63. The third-order valence-electron chi connectivity index (χ3n) is 3.63. The van der Waals surface area contributed by atoms with Crippen molar-refractivity contribution in [2.45, 2.75) is 19.8 Å². The molecule has 1 aromatic rings. The highest BCUT2D eigenvalue weighted by Gasteiger charge is 2.20. The molecular weight excluding hydrogens is 244 g/mol. The second kappa shape index (κ2) is 5.09. The maximum atomic E-state index is 12.0. The van der Waals surface area contributed by atoms with Gasteiger partial charge in [-0.1, -0.05) is 0 Å². The summed E-state index contributed by atoms with van der Waals surface area (Å²) in [6.45, 7) is 4.16. The standard InChI is InChI=1S/C14H18N2O3/c1-9-4-12-13(19-8-18-12)6-11(9)16-14(17)5-10-2-3-15-7-10/h4,6,10,15H,2-3,5,7-8H2,1H3,(H,16,17). The van der Waals surface area contributed by atoms with Crippen molar-refractivity contribution in [1.82, 2.24) is 5.32 Å². The minimum Gasteiger partial charge on any atom is -0.454 e. The lowest BCUT2D eigenvalue weighted by Gasteiger charge is -2.11. The van der Waals surface area contributed by atoms with Crippen molar-refractivity contribution in [2.75, 3.05) is 25.2 Å². The monoisotopic (exact) mass is 262 g/mol. The number of rotatable bonds is 3. The van der Waals surface area contributed by atoms with E-state index in [1.165, 1.54) is 0 Å². The smallest absolute Gasteiger partial charge is 0.231 e. The molecule has 1 aromatic carbocycles. The molecule has 3 rings (SSSR count). The van der Waals surface area contributed by atoms with Crippen LogP contribution in [0.5, 0.6) is 11.5 Å². The minimum absolute atomic E-state index is 0.0654. The molecule has 0 radical (unpaired) electrons. The van der Waals surface area contributed by atoms with Crippen molar-refractivity contribution in [2.24, 2.45) is 5.92 Å². The number of nitrogens with one attached hydrogen (secondary N) is 2. The van der Waals surface area contributed by atoms with Crippen LogP contribution in [0.4, 0.5) is 5.69 Å². The molecular formula is C14H18N2O3. The van der Waals surface area contributed by atoms with Crippen LogP contribution in [0.25, 0.3) is 0 Å². The van der Waals surface area contributed by atoms with E-state index in [0.29, 0.717) is 18.1 Å². The van der Waals surface area contributed by atoms with Crippen molar-refractivity contribution >= 4 is 11.6 Å². The van der Waals surface area contributed by atoms with Crippen LogP contribution >= 0.6 is 0 Å². The van der Waals surface area contributed by atoms with E-state index >= 15 is 0 Å². The van der Waals surface area contributed by atoms with E-state index < -0.39 is 0 Å². The fourth-order valence-electron chi connectivity index (χ4n) is 2.53. The fraction of sp³-hybridized carbons (Fsp3) is 0.500. The second-order valence-corrected chi connectivity index (χ2v) is 5.13. The van der Waals surface area contributed by atoms with E-state index in [4.69, 9.17) is 9.47 Å². The molecule has 5 nitrogen and oxygen atoms in total. The molecule has 0 spiro atoms. The first kappa shape index (κ1) is 12.3. The van der Waals surface area contributed by atoms with Crippen molar-refractivity contribution in [3.8, 4) is 11.5 Å². The van der Waals surface area contributed by atoms with E-state index in [2.05, 4.69) is 10.6 Å². The van der Waals surface area contributed by atoms with Crippen molar-refractivity contribution in [3.05, 3.63) is 17.7 Å². The number of hydrogen-bond acceptors (Lipinski definition) is 4. The lowest BCUT2D eigenvalue weighted by atomic mass is 10.0. The molecule has 0 bridgehead atoms. The van der Waals surface area contributed by atoms with Gasteiger partial charge in [0.05, 0.1) is 0 Å². The maximum Gasteiger partial charge on any atom is 0.231 e. The summed E-state index contributed by atoms with van der Waals surface area (Å²) in [5.41, 5.74) is 1.79. The first-order chi connectivity index (χ1) is 9.22. The summed E-state index contributed by atoms with van der Waals surface area (Å²) in [6.07, 6.45) is 1.65.